The Kier molecular flexibility index (Phi) is 54.0. The van der Waals surface area contributed by atoms with Crippen LogP contribution in [0.15, 0.2) is 146 Å². The molecule has 0 aromatic carbocycles. The first-order valence-electron chi connectivity index (χ1n) is 28.3. The number of allylic oxidation sites excluding steroid dienone is 24. The van der Waals surface area contributed by atoms with Crippen molar-refractivity contribution in [3.05, 3.63) is 146 Å². The minimum Gasteiger partial charge on any atom is -0.462 e. The van der Waals surface area contributed by atoms with Crippen molar-refractivity contribution in [2.75, 3.05) is 13.2 Å². The number of carbonyl (C=O) groups excluding carboxylic acids is 3. The zero-order valence-electron chi connectivity index (χ0n) is 45.4. The first kappa shape index (κ1) is 66.3. The lowest BCUT2D eigenvalue weighted by Gasteiger charge is -2.18. The zero-order chi connectivity index (χ0) is 51.4. The van der Waals surface area contributed by atoms with Crippen LogP contribution >= 0.6 is 0 Å². The van der Waals surface area contributed by atoms with Gasteiger partial charge in [0.1, 0.15) is 13.2 Å². The van der Waals surface area contributed by atoms with Gasteiger partial charge in [0, 0.05) is 19.3 Å². The van der Waals surface area contributed by atoms with Crippen molar-refractivity contribution in [2.24, 2.45) is 0 Å². The van der Waals surface area contributed by atoms with Crippen LogP contribution < -0.4 is 0 Å². The fourth-order valence-electron chi connectivity index (χ4n) is 7.13. The summed E-state index contributed by atoms with van der Waals surface area (Å²) in [5.74, 6) is -1.06. The van der Waals surface area contributed by atoms with E-state index in [0.29, 0.717) is 19.3 Å². The van der Waals surface area contributed by atoms with Crippen molar-refractivity contribution in [1.82, 2.24) is 0 Å². The monoisotopic (exact) mass is 979 g/mol. The summed E-state index contributed by atoms with van der Waals surface area (Å²) in [6.45, 7) is 6.27. The highest BCUT2D eigenvalue weighted by Gasteiger charge is 2.19. The van der Waals surface area contributed by atoms with Crippen LogP contribution in [0.4, 0.5) is 0 Å². The minimum atomic E-state index is -0.839. The van der Waals surface area contributed by atoms with Crippen molar-refractivity contribution in [2.45, 2.75) is 232 Å². The molecule has 0 radical (unpaired) electrons. The van der Waals surface area contributed by atoms with Crippen molar-refractivity contribution >= 4 is 17.9 Å². The van der Waals surface area contributed by atoms with Gasteiger partial charge in [0.25, 0.3) is 0 Å². The molecule has 0 aromatic heterocycles. The van der Waals surface area contributed by atoms with E-state index >= 15 is 0 Å². The summed E-state index contributed by atoms with van der Waals surface area (Å²) >= 11 is 0. The van der Waals surface area contributed by atoms with Crippen LogP contribution in [0, 0.1) is 0 Å². The molecule has 0 saturated carbocycles. The summed E-state index contributed by atoms with van der Waals surface area (Å²) in [7, 11) is 0. The van der Waals surface area contributed by atoms with Crippen LogP contribution in [0.3, 0.4) is 0 Å². The molecular weight excluding hydrogens is 877 g/mol. The van der Waals surface area contributed by atoms with E-state index < -0.39 is 6.10 Å². The van der Waals surface area contributed by atoms with Gasteiger partial charge in [0.05, 0.1) is 0 Å². The SMILES string of the molecule is CC/C=C\C/C=C\C/C=C\C/C=C\C/C=C\CCCC(=O)OC[C@H](COC(=O)CCCCCCCCCCC/C=C\C/C=C\CCCCC)OC(=O)CCC/C=C\C/C=C\C/C=C\C/C=C\C/C=C\CC. The minimum absolute atomic E-state index is 0.126. The molecule has 6 heteroatoms. The van der Waals surface area contributed by atoms with Gasteiger partial charge in [0.2, 0.25) is 0 Å². The van der Waals surface area contributed by atoms with Gasteiger partial charge in [-0.25, -0.2) is 0 Å². The van der Waals surface area contributed by atoms with E-state index in [4.69, 9.17) is 14.2 Å². The lowest BCUT2D eigenvalue weighted by Crippen LogP contribution is -2.30. The maximum absolute atomic E-state index is 12.8. The van der Waals surface area contributed by atoms with Crippen LogP contribution in [0.25, 0.3) is 0 Å². The average Bonchev–Trinajstić information content (AvgIpc) is 3.37. The smallest absolute Gasteiger partial charge is 0.306 e. The fourth-order valence-corrected chi connectivity index (χ4v) is 7.13. The normalized spacial score (nSPS) is 13.2. The molecule has 0 rings (SSSR count). The summed E-state index contributed by atoms with van der Waals surface area (Å²) in [5.41, 5.74) is 0. The highest BCUT2D eigenvalue weighted by molar-refractivity contribution is 5.71. The number of ether oxygens (including phenoxy) is 3. The number of rotatable bonds is 49. The van der Waals surface area contributed by atoms with E-state index in [9.17, 15) is 14.4 Å². The van der Waals surface area contributed by atoms with Crippen molar-refractivity contribution in [3.63, 3.8) is 0 Å². The molecule has 0 aromatic rings. The first-order chi connectivity index (χ1) is 35.0. The molecule has 0 unspecified atom stereocenters. The molecule has 0 fully saturated rings. The van der Waals surface area contributed by atoms with Gasteiger partial charge >= 0.3 is 17.9 Å². The van der Waals surface area contributed by atoms with E-state index in [-0.39, 0.29) is 44.0 Å². The highest BCUT2D eigenvalue weighted by atomic mass is 16.6. The molecule has 0 heterocycles. The standard InChI is InChI=1S/C65H102O6/c1-4-7-10-13-16-19-22-25-28-31-32-35-37-40-43-46-49-52-55-58-64(67)70-61-62(71-65(68)59-56-53-50-47-44-41-38-34-30-27-24-21-18-15-12-9-6-3)60-69-63(66)57-54-51-48-45-42-39-36-33-29-26-23-20-17-14-11-8-5-2/h8-9,11-12,16-21,25-30,36,38-39,41,45,47-48,50,62H,4-7,10,13-15,22-24,31-35,37,40,42-44,46,49,51-61H2,1-3H3/b11-8-,12-9-,19-16-,20-17-,21-18-,28-25-,29-26-,30-27-,39-36-,41-38-,48-45-,50-47-/t62-/m1/s1. The van der Waals surface area contributed by atoms with Crippen LogP contribution in [0.1, 0.15) is 226 Å². The molecule has 398 valence electrons. The Morgan fingerprint density at radius 1 is 0.296 bits per heavy atom. The summed E-state index contributed by atoms with van der Waals surface area (Å²) < 4.78 is 16.8. The second-order valence-electron chi connectivity index (χ2n) is 18.1. The lowest BCUT2D eigenvalue weighted by atomic mass is 10.1. The van der Waals surface area contributed by atoms with Crippen LogP contribution in [0.5, 0.6) is 0 Å². The zero-order valence-corrected chi connectivity index (χ0v) is 45.4. The number of carbonyl (C=O) groups is 3. The van der Waals surface area contributed by atoms with Gasteiger partial charge in [-0.15, -0.1) is 0 Å². The second kappa shape index (κ2) is 57.9. The first-order valence-corrected chi connectivity index (χ1v) is 28.3. The molecule has 0 aliphatic carbocycles. The molecule has 0 amide bonds. The Hall–Kier alpha value is -4.71. The van der Waals surface area contributed by atoms with Crippen molar-refractivity contribution < 1.29 is 28.6 Å². The molecule has 0 bridgehead atoms. The van der Waals surface area contributed by atoms with E-state index in [2.05, 4.69) is 167 Å². The van der Waals surface area contributed by atoms with Crippen molar-refractivity contribution in [1.29, 1.82) is 0 Å². The number of hydrogen-bond acceptors (Lipinski definition) is 6. The Morgan fingerprint density at radius 3 is 0.915 bits per heavy atom. The summed E-state index contributed by atoms with van der Waals surface area (Å²) in [6, 6.07) is 0. The molecule has 6 nitrogen and oxygen atoms in total. The summed E-state index contributed by atoms with van der Waals surface area (Å²) in [5, 5.41) is 0. The van der Waals surface area contributed by atoms with Gasteiger partial charge in [-0.05, 0) is 128 Å². The Balaban J connectivity index is 4.58. The van der Waals surface area contributed by atoms with Crippen LogP contribution in [-0.2, 0) is 28.6 Å². The summed E-state index contributed by atoms with van der Waals surface area (Å²) in [6.07, 6.45) is 82.7. The van der Waals surface area contributed by atoms with Gasteiger partial charge in [-0.3, -0.25) is 14.4 Å². The molecule has 0 saturated heterocycles. The molecule has 0 aliphatic heterocycles. The van der Waals surface area contributed by atoms with Gasteiger partial charge in [-0.2, -0.15) is 0 Å². The molecule has 1 atom stereocenters. The third-order valence-corrected chi connectivity index (χ3v) is 11.3. The van der Waals surface area contributed by atoms with Crippen LogP contribution in [0.2, 0.25) is 0 Å². The Labute approximate surface area is 436 Å². The highest BCUT2D eigenvalue weighted by Crippen LogP contribution is 2.13. The average molecular weight is 980 g/mol. The molecule has 0 N–H and O–H groups in total. The topological polar surface area (TPSA) is 78.9 Å². The maximum Gasteiger partial charge on any atom is 0.306 e. The number of unbranched alkanes of at least 4 members (excludes halogenated alkanes) is 14. The number of esters is 3. The molecule has 0 aliphatic rings. The molecule has 71 heavy (non-hydrogen) atoms. The van der Waals surface area contributed by atoms with Gasteiger partial charge in [-0.1, -0.05) is 224 Å². The van der Waals surface area contributed by atoms with Crippen LogP contribution in [-0.4, -0.2) is 37.2 Å². The van der Waals surface area contributed by atoms with E-state index in [1.54, 1.807) is 0 Å². The molecular formula is C65H102O6. The molecule has 0 spiro atoms. The Morgan fingerprint density at radius 2 is 0.563 bits per heavy atom. The summed E-state index contributed by atoms with van der Waals surface area (Å²) in [4.78, 5) is 38.1. The second-order valence-corrected chi connectivity index (χ2v) is 18.1. The Bertz CT molecular complexity index is 1590. The predicted octanol–water partition coefficient (Wildman–Crippen LogP) is 19.2. The van der Waals surface area contributed by atoms with Crippen molar-refractivity contribution in [3.8, 4) is 0 Å². The van der Waals surface area contributed by atoms with E-state index in [1.807, 2.05) is 0 Å². The van der Waals surface area contributed by atoms with E-state index in [0.717, 1.165) is 103 Å². The third-order valence-electron chi connectivity index (χ3n) is 11.3. The van der Waals surface area contributed by atoms with Gasteiger partial charge < -0.3 is 14.2 Å². The fraction of sp³-hybridized carbons (Fsp3) is 0.585. The van der Waals surface area contributed by atoms with Gasteiger partial charge in [0.15, 0.2) is 6.10 Å². The maximum atomic E-state index is 12.8. The largest absolute Gasteiger partial charge is 0.462 e. The quantitative estimate of drug-likeness (QED) is 0.0262. The van der Waals surface area contributed by atoms with E-state index in [1.165, 1.54) is 70.6 Å². The lowest BCUT2D eigenvalue weighted by molar-refractivity contribution is -0.167. The number of hydrogen-bond donors (Lipinski definition) is 0. The predicted molar refractivity (Wildman–Crippen MR) is 306 cm³/mol. The third kappa shape index (κ3) is 56.1.